The van der Waals surface area contributed by atoms with Crippen LogP contribution in [-0.4, -0.2) is 29.0 Å². The number of benzene rings is 3. The lowest BCUT2D eigenvalue weighted by Crippen LogP contribution is -2.44. The molecule has 0 spiro atoms. The minimum Gasteiger partial charge on any atom is -0.366 e. The first-order valence-corrected chi connectivity index (χ1v) is 10.8. The molecule has 166 valence electrons. The monoisotopic (exact) mass is 460 g/mol. The predicted molar refractivity (Wildman–Crippen MR) is 129 cm³/mol. The van der Waals surface area contributed by atoms with Gasteiger partial charge in [-0.05, 0) is 53.9 Å². The molecule has 33 heavy (non-hydrogen) atoms. The van der Waals surface area contributed by atoms with Crippen molar-refractivity contribution in [1.82, 2.24) is 5.48 Å². The number of para-hydroxylation sites is 2. The third kappa shape index (κ3) is 5.35. The van der Waals surface area contributed by atoms with E-state index < -0.39 is 23.8 Å². The number of amides is 3. The number of anilines is 3. The zero-order valence-electron chi connectivity index (χ0n) is 17.2. The molecule has 9 heteroatoms. The third-order valence-electron chi connectivity index (χ3n) is 4.76. The Morgan fingerprint density at radius 1 is 0.727 bits per heavy atom. The Balaban J connectivity index is 1.59. The molecule has 4 rings (SSSR count). The van der Waals surface area contributed by atoms with Crippen LogP contribution in [0.3, 0.4) is 0 Å². The molecule has 0 aliphatic carbocycles. The van der Waals surface area contributed by atoms with Crippen LogP contribution in [0.15, 0.2) is 84.9 Å². The number of fused-ring (bicyclic) bond motifs is 1. The van der Waals surface area contributed by atoms with Gasteiger partial charge in [0, 0.05) is 21.8 Å². The zero-order valence-corrected chi connectivity index (χ0v) is 18.1. The van der Waals surface area contributed by atoms with Crippen LogP contribution in [0.1, 0.15) is 9.67 Å². The fourth-order valence-electron chi connectivity index (χ4n) is 3.19. The van der Waals surface area contributed by atoms with E-state index in [-0.39, 0.29) is 0 Å². The van der Waals surface area contributed by atoms with Crippen molar-refractivity contribution in [2.24, 2.45) is 0 Å². The van der Waals surface area contributed by atoms with Crippen LogP contribution in [0.25, 0.3) is 10.1 Å². The van der Waals surface area contributed by atoms with Gasteiger partial charge in [-0.3, -0.25) is 19.6 Å². The largest absolute Gasteiger partial charge is 0.366 e. The average Bonchev–Trinajstić information content (AvgIpc) is 3.26. The Labute approximate surface area is 193 Å². The second-order valence-corrected chi connectivity index (χ2v) is 8.18. The molecule has 1 heterocycles. The highest BCUT2D eigenvalue weighted by atomic mass is 32.1. The fraction of sp³-hybridized carbons (Fsp3) is 0.0417. The van der Waals surface area contributed by atoms with Gasteiger partial charge in [-0.25, -0.2) is 5.48 Å². The summed E-state index contributed by atoms with van der Waals surface area (Å²) in [6.45, 7) is 0. The van der Waals surface area contributed by atoms with E-state index in [0.717, 1.165) is 10.1 Å². The second-order valence-electron chi connectivity index (χ2n) is 7.09. The Morgan fingerprint density at radius 3 is 1.85 bits per heavy atom. The lowest BCUT2D eigenvalue weighted by Gasteiger charge is -2.19. The van der Waals surface area contributed by atoms with Gasteiger partial charge < -0.3 is 16.0 Å². The van der Waals surface area contributed by atoms with Crippen LogP contribution in [0.2, 0.25) is 0 Å². The maximum atomic E-state index is 13.0. The highest BCUT2D eigenvalue weighted by Gasteiger charge is 2.27. The fourth-order valence-corrected chi connectivity index (χ4v) is 4.12. The molecule has 8 nitrogen and oxygen atoms in total. The molecule has 4 aromatic rings. The number of hydroxylamine groups is 1. The number of carbonyl (C=O) groups is 3. The summed E-state index contributed by atoms with van der Waals surface area (Å²) < 4.78 is 0.818. The summed E-state index contributed by atoms with van der Waals surface area (Å²) in [6.07, 6.45) is 0. The maximum absolute atomic E-state index is 13.0. The van der Waals surface area contributed by atoms with E-state index in [1.165, 1.54) is 11.3 Å². The summed E-state index contributed by atoms with van der Waals surface area (Å²) >= 11 is 1.22. The molecular formula is C24H20N4O4S. The molecule has 0 fully saturated rings. The van der Waals surface area contributed by atoms with Crippen molar-refractivity contribution >= 4 is 56.2 Å². The molecule has 0 saturated carbocycles. The van der Waals surface area contributed by atoms with Crippen molar-refractivity contribution in [2.45, 2.75) is 6.04 Å². The summed E-state index contributed by atoms with van der Waals surface area (Å²) in [5, 5.41) is 18.1. The molecular weight excluding hydrogens is 440 g/mol. The van der Waals surface area contributed by atoms with Gasteiger partial charge in [-0.2, -0.15) is 0 Å². The first kappa shape index (κ1) is 22.0. The Hall–Kier alpha value is -4.21. The van der Waals surface area contributed by atoms with Gasteiger partial charge in [0.25, 0.3) is 17.7 Å². The Bertz CT molecular complexity index is 1240. The van der Waals surface area contributed by atoms with Gasteiger partial charge in [-0.1, -0.05) is 36.4 Å². The van der Waals surface area contributed by atoms with Crippen molar-refractivity contribution in [3.8, 4) is 0 Å². The zero-order chi connectivity index (χ0) is 23.2. The van der Waals surface area contributed by atoms with Crippen LogP contribution in [0.5, 0.6) is 0 Å². The molecule has 0 aliphatic rings. The number of hydrogen-bond acceptors (Lipinski definition) is 6. The number of thiophene rings is 1. The van der Waals surface area contributed by atoms with E-state index in [1.807, 2.05) is 12.1 Å². The summed E-state index contributed by atoms with van der Waals surface area (Å²) in [7, 11) is 0. The van der Waals surface area contributed by atoms with Crippen molar-refractivity contribution in [1.29, 1.82) is 0 Å². The highest BCUT2D eigenvalue weighted by molar-refractivity contribution is 7.20. The Morgan fingerprint density at radius 2 is 1.30 bits per heavy atom. The van der Waals surface area contributed by atoms with Crippen molar-refractivity contribution in [2.75, 3.05) is 16.0 Å². The summed E-state index contributed by atoms with van der Waals surface area (Å²) in [5.74, 6) is -1.66. The molecule has 0 radical (unpaired) electrons. The van der Waals surface area contributed by atoms with Crippen LogP contribution < -0.4 is 21.4 Å². The van der Waals surface area contributed by atoms with Gasteiger partial charge in [0.2, 0.25) is 0 Å². The molecule has 0 aliphatic heterocycles. The minimum atomic E-state index is -1.23. The van der Waals surface area contributed by atoms with Gasteiger partial charge >= 0.3 is 0 Å². The topological polar surface area (TPSA) is 120 Å². The third-order valence-corrected chi connectivity index (χ3v) is 5.87. The quantitative estimate of drug-likeness (QED) is 0.162. The second kappa shape index (κ2) is 9.94. The number of nitrogens with one attached hydrogen (secondary N) is 4. The summed E-state index contributed by atoms with van der Waals surface area (Å²) in [6, 6.07) is 23.3. The molecule has 0 bridgehead atoms. The number of hydrogen-bond donors (Lipinski definition) is 5. The van der Waals surface area contributed by atoms with E-state index in [1.54, 1.807) is 78.3 Å². The molecule has 0 saturated heterocycles. The van der Waals surface area contributed by atoms with Crippen molar-refractivity contribution < 1.29 is 19.6 Å². The Kier molecular flexibility index (Phi) is 6.63. The summed E-state index contributed by atoms with van der Waals surface area (Å²) in [4.78, 5) is 38.1. The lowest BCUT2D eigenvalue weighted by atomic mass is 10.1. The van der Waals surface area contributed by atoms with Gasteiger partial charge in [0.05, 0.1) is 4.88 Å². The number of carbonyl (C=O) groups excluding carboxylic acids is 3. The summed E-state index contributed by atoms with van der Waals surface area (Å²) in [5.41, 5.74) is 3.27. The van der Waals surface area contributed by atoms with E-state index in [2.05, 4.69) is 16.0 Å². The molecule has 1 aromatic heterocycles. The molecule has 0 atom stereocenters. The number of rotatable bonds is 7. The van der Waals surface area contributed by atoms with Crippen LogP contribution in [-0.2, 0) is 9.59 Å². The first-order chi connectivity index (χ1) is 16.0. The first-order valence-electron chi connectivity index (χ1n) is 10.00. The van der Waals surface area contributed by atoms with Crippen LogP contribution >= 0.6 is 11.3 Å². The van der Waals surface area contributed by atoms with Crippen LogP contribution in [0, 0.1) is 0 Å². The van der Waals surface area contributed by atoms with Gasteiger partial charge in [0.1, 0.15) is 0 Å². The molecule has 5 N–H and O–H groups in total. The molecule has 0 unspecified atom stereocenters. The predicted octanol–water partition coefficient (Wildman–Crippen LogP) is 4.08. The van der Waals surface area contributed by atoms with E-state index in [9.17, 15) is 14.4 Å². The SMILES string of the molecule is O=C(NO)c1cc2cc(NC(C(=O)Nc3ccccc3)C(=O)Nc3ccccc3)ccc2s1. The smallest absolute Gasteiger partial charge is 0.284 e. The van der Waals surface area contributed by atoms with E-state index >= 15 is 0 Å². The van der Waals surface area contributed by atoms with Crippen LogP contribution in [0.4, 0.5) is 17.1 Å². The molecule has 3 amide bonds. The molecule has 3 aromatic carbocycles. The maximum Gasteiger partial charge on any atom is 0.284 e. The van der Waals surface area contributed by atoms with E-state index in [4.69, 9.17) is 5.21 Å². The van der Waals surface area contributed by atoms with Gasteiger partial charge in [0.15, 0.2) is 6.04 Å². The lowest BCUT2D eigenvalue weighted by molar-refractivity contribution is -0.124. The van der Waals surface area contributed by atoms with E-state index in [0.29, 0.717) is 21.9 Å². The van der Waals surface area contributed by atoms with Crippen molar-refractivity contribution in [3.63, 3.8) is 0 Å². The standard InChI is InChI=1S/C24H20N4O4S/c29-22(28-32)20-14-15-13-18(11-12-19(15)33-20)25-21(23(30)26-16-7-3-1-4-8-16)24(31)27-17-9-5-2-6-10-17/h1-14,21,25,32H,(H,26,30)(H,27,31)(H,28,29). The average molecular weight is 461 g/mol. The minimum absolute atomic E-state index is 0.338. The normalized spacial score (nSPS) is 10.6. The highest BCUT2D eigenvalue weighted by Crippen LogP contribution is 2.28. The van der Waals surface area contributed by atoms with Crippen molar-refractivity contribution in [3.05, 3.63) is 89.8 Å². The van der Waals surface area contributed by atoms with Gasteiger partial charge in [-0.15, -0.1) is 11.3 Å².